The van der Waals surface area contributed by atoms with Crippen LogP contribution in [0.5, 0.6) is 0 Å². The molecule has 2 aromatic carbocycles. The zero-order valence-corrected chi connectivity index (χ0v) is 20.0. The topological polar surface area (TPSA) is 108 Å². The van der Waals surface area contributed by atoms with Crippen molar-refractivity contribution >= 4 is 40.4 Å². The van der Waals surface area contributed by atoms with Crippen LogP contribution in [0.4, 0.5) is 5.69 Å². The number of rotatable bonds is 6. The predicted molar refractivity (Wildman–Crippen MR) is 133 cm³/mol. The number of nitrogens with one attached hydrogen (secondary N) is 1. The summed E-state index contributed by atoms with van der Waals surface area (Å²) in [6.07, 6.45) is 1.66. The van der Waals surface area contributed by atoms with Crippen LogP contribution in [-0.4, -0.2) is 43.6 Å². The van der Waals surface area contributed by atoms with E-state index >= 15 is 0 Å². The fourth-order valence-corrected chi connectivity index (χ4v) is 5.22. The minimum absolute atomic E-state index is 0.124. The molecule has 0 saturated heterocycles. The van der Waals surface area contributed by atoms with Crippen molar-refractivity contribution in [1.29, 1.82) is 0 Å². The normalized spacial score (nSPS) is 14.6. The second kappa shape index (κ2) is 9.38. The van der Waals surface area contributed by atoms with Gasteiger partial charge in [-0.3, -0.25) is 14.2 Å². The molecule has 2 aromatic heterocycles. The van der Waals surface area contributed by atoms with Crippen LogP contribution < -0.4 is 10.9 Å². The average molecular weight is 490 g/mol. The van der Waals surface area contributed by atoms with Gasteiger partial charge in [0.1, 0.15) is 5.39 Å². The highest BCUT2D eigenvalue weighted by Crippen LogP contribution is 2.33. The van der Waals surface area contributed by atoms with Gasteiger partial charge in [0.2, 0.25) is 5.91 Å². The van der Waals surface area contributed by atoms with E-state index in [4.69, 9.17) is 9.72 Å². The molecule has 1 aliphatic rings. The van der Waals surface area contributed by atoms with Crippen LogP contribution in [0, 0.1) is 6.92 Å². The van der Waals surface area contributed by atoms with Gasteiger partial charge in [-0.1, -0.05) is 30.0 Å². The molecule has 1 N–H and O–H groups in total. The first-order chi connectivity index (χ1) is 17.0. The zero-order valence-electron chi connectivity index (χ0n) is 19.2. The minimum atomic E-state index is -0.408. The number of carbonyl (C=O) groups excluding carboxylic acids is 2. The second-order valence-electron chi connectivity index (χ2n) is 8.16. The molecule has 0 aliphatic carbocycles. The molecular weight excluding hydrogens is 466 g/mol. The van der Waals surface area contributed by atoms with Gasteiger partial charge >= 0.3 is 5.97 Å². The van der Waals surface area contributed by atoms with Gasteiger partial charge < -0.3 is 10.1 Å². The monoisotopic (exact) mass is 489 g/mol. The molecule has 1 amide bonds. The quantitative estimate of drug-likeness (QED) is 0.325. The lowest BCUT2D eigenvalue weighted by molar-refractivity contribution is -0.116. The van der Waals surface area contributed by atoms with Crippen molar-refractivity contribution in [2.24, 2.45) is 0 Å². The summed E-state index contributed by atoms with van der Waals surface area (Å²) >= 11 is 1.45. The van der Waals surface area contributed by atoms with Gasteiger partial charge in [-0.2, -0.15) is 5.10 Å². The molecule has 178 valence electrons. The third-order valence-corrected chi connectivity index (χ3v) is 6.91. The fraction of sp³-hybridized carbons (Fsp3) is 0.240. The number of fused-ring (bicyclic) bond motifs is 2. The van der Waals surface area contributed by atoms with Crippen molar-refractivity contribution in [3.8, 4) is 5.69 Å². The average Bonchev–Trinajstić information content (AvgIpc) is 3.45. The number of amides is 1. The van der Waals surface area contributed by atoms with Crippen LogP contribution in [-0.2, 0) is 9.53 Å². The minimum Gasteiger partial charge on any atom is -0.462 e. The highest BCUT2D eigenvalue weighted by atomic mass is 32.2. The molecular formula is C25H23N5O4S. The van der Waals surface area contributed by atoms with E-state index < -0.39 is 5.97 Å². The number of esters is 1. The van der Waals surface area contributed by atoms with E-state index in [1.54, 1.807) is 40.4 Å². The number of benzene rings is 2. The lowest BCUT2D eigenvalue weighted by atomic mass is 10.2. The van der Waals surface area contributed by atoms with Crippen molar-refractivity contribution < 1.29 is 14.3 Å². The molecule has 3 heterocycles. The number of thioether (sulfide) groups is 1. The third kappa shape index (κ3) is 4.32. The number of aryl methyl sites for hydroxylation is 1. The summed E-state index contributed by atoms with van der Waals surface area (Å²) in [4.78, 5) is 42.6. The van der Waals surface area contributed by atoms with Gasteiger partial charge in [0, 0.05) is 17.9 Å². The Hall–Kier alpha value is -3.92. The number of para-hydroxylation sites is 1. The number of hydrogen-bond donors (Lipinski definition) is 1. The van der Waals surface area contributed by atoms with Crippen molar-refractivity contribution in [1.82, 2.24) is 19.3 Å². The maximum Gasteiger partial charge on any atom is 0.338 e. The summed E-state index contributed by atoms with van der Waals surface area (Å²) in [6.45, 7) is 4.02. The SMILES string of the molecule is CCOC(=O)c1ccc(NC(=O)CC2CSc3nc4c(cnn4-c4ccccc4C)c(=O)n32)cc1. The van der Waals surface area contributed by atoms with Crippen LogP contribution in [0.2, 0.25) is 0 Å². The van der Waals surface area contributed by atoms with E-state index in [9.17, 15) is 14.4 Å². The number of hydrogen-bond acceptors (Lipinski definition) is 7. The number of nitrogens with zero attached hydrogens (tertiary/aromatic N) is 4. The largest absolute Gasteiger partial charge is 0.462 e. The molecule has 4 aromatic rings. The van der Waals surface area contributed by atoms with E-state index in [1.165, 1.54) is 18.0 Å². The van der Waals surface area contributed by atoms with Crippen LogP contribution in [0.25, 0.3) is 16.7 Å². The Labute approximate surface area is 205 Å². The molecule has 0 radical (unpaired) electrons. The maximum atomic E-state index is 13.3. The molecule has 35 heavy (non-hydrogen) atoms. The van der Waals surface area contributed by atoms with Gasteiger partial charge in [-0.15, -0.1) is 0 Å². The highest BCUT2D eigenvalue weighted by Gasteiger charge is 2.29. The van der Waals surface area contributed by atoms with Crippen molar-refractivity contribution in [2.45, 2.75) is 31.5 Å². The summed E-state index contributed by atoms with van der Waals surface area (Å²) in [5.74, 6) is -0.0640. The second-order valence-corrected chi connectivity index (χ2v) is 9.15. The van der Waals surface area contributed by atoms with Gasteiger partial charge in [-0.05, 0) is 49.7 Å². The van der Waals surface area contributed by atoms with Crippen LogP contribution >= 0.6 is 11.8 Å². The molecule has 9 nitrogen and oxygen atoms in total. The van der Waals surface area contributed by atoms with Crippen molar-refractivity contribution in [3.05, 3.63) is 76.2 Å². The van der Waals surface area contributed by atoms with Crippen LogP contribution in [0.3, 0.4) is 0 Å². The summed E-state index contributed by atoms with van der Waals surface area (Å²) in [5, 5.41) is 8.25. The molecule has 10 heteroatoms. The fourth-order valence-electron chi connectivity index (χ4n) is 4.09. The Morgan fingerprint density at radius 2 is 1.94 bits per heavy atom. The van der Waals surface area contributed by atoms with E-state index in [0.29, 0.717) is 39.8 Å². The third-order valence-electron chi connectivity index (χ3n) is 5.82. The summed E-state index contributed by atoms with van der Waals surface area (Å²) in [6, 6.07) is 14.0. The Morgan fingerprint density at radius 1 is 1.17 bits per heavy atom. The van der Waals surface area contributed by atoms with E-state index in [0.717, 1.165) is 11.3 Å². The molecule has 1 atom stereocenters. The number of ether oxygens (including phenoxy) is 1. The standard InChI is InChI=1S/C25H23N5O4S/c1-3-34-24(33)16-8-10-17(11-9-16)27-21(31)12-18-14-35-25-28-22-19(23(32)29(18)25)13-26-30(22)20-7-5-4-6-15(20)2/h4-11,13,18H,3,12,14H2,1-2H3,(H,27,31). The summed E-state index contributed by atoms with van der Waals surface area (Å²) in [5.41, 5.74) is 3.18. The number of aromatic nitrogens is 4. The molecule has 5 rings (SSSR count). The zero-order chi connectivity index (χ0) is 24.5. The Morgan fingerprint density at radius 3 is 2.69 bits per heavy atom. The van der Waals surface area contributed by atoms with Gasteiger partial charge in [0.25, 0.3) is 5.56 Å². The highest BCUT2D eigenvalue weighted by molar-refractivity contribution is 7.99. The molecule has 0 saturated carbocycles. The molecule has 0 bridgehead atoms. The maximum absolute atomic E-state index is 13.3. The van der Waals surface area contributed by atoms with E-state index in [-0.39, 0.29) is 23.9 Å². The molecule has 1 aliphatic heterocycles. The molecule has 0 spiro atoms. The first-order valence-corrected chi connectivity index (χ1v) is 12.2. The first kappa shape index (κ1) is 22.9. The lowest BCUT2D eigenvalue weighted by Crippen LogP contribution is -2.27. The number of anilines is 1. The van der Waals surface area contributed by atoms with Gasteiger partial charge in [-0.25, -0.2) is 14.5 Å². The summed E-state index contributed by atoms with van der Waals surface area (Å²) < 4.78 is 8.26. The van der Waals surface area contributed by atoms with Crippen molar-refractivity contribution in [2.75, 3.05) is 17.7 Å². The van der Waals surface area contributed by atoms with Crippen molar-refractivity contribution in [3.63, 3.8) is 0 Å². The molecule has 0 fully saturated rings. The van der Waals surface area contributed by atoms with Crippen LogP contribution in [0.15, 0.2) is 64.7 Å². The van der Waals surface area contributed by atoms with E-state index in [1.807, 2.05) is 31.2 Å². The Bertz CT molecular complexity index is 1490. The number of carbonyl (C=O) groups is 2. The van der Waals surface area contributed by atoms with Gasteiger partial charge in [0.15, 0.2) is 10.8 Å². The lowest BCUT2D eigenvalue weighted by Gasteiger charge is -2.14. The Balaban J connectivity index is 1.36. The van der Waals surface area contributed by atoms with Gasteiger partial charge in [0.05, 0.1) is 30.1 Å². The predicted octanol–water partition coefficient (Wildman–Crippen LogP) is 3.74. The van der Waals surface area contributed by atoms with Crippen LogP contribution in [0.1, 0.15) is 35.3 Å². The summed E-state index contributed by atoms with van der Waals surface area (Å²) in [7, 11) is 0. The molecule has 1 unspecified atom stereocenters. The Kier molecular flexibility index (Phi) is 6.12. The van der Waals surface area contributed by atoms with E-state index in [2.05, 4.69) is 10.4 Å². The smallest absolute Gasteiger partial charge is 0.338 e. The first-order valence-electron chi connectivity index (χ1n) is 11.2.